The summed E-state index contributed by atoms with van der Waals surface area (Å²) in [5.41, 5.74) is 0.682. The number of methoxy groups -OCH3 is 1. The fourth-order valence-electron chi connectivity index (χ4n) is 1.80. The summed E-state index contributed by atoms with van der Waals surface area (Å²) in [5, 5.41) is 5.59. The Morgan fingerprint density at radius 1 is 1.30 bits per heavy atom. The van der Waals surface area contributed by atoms with Crippen molar-refractivity contribution in [1.29, 1.82) is 0 Å². The van der Waals surface area contributed by atoms with Gasteiger partial charge < -0.3 is 24.8 Å². The van der Waals surface area contributed by atoms with Crippen LogP contribution in [0.3, 0.4) is 0 Å². The fourth-order valence-corrected chi connectivity index (χ4v) is 1.97. The Kier molecular flexibility index (Phi) is 6.25. The van der Waals surface area contributed by atoms with E-state index in [9.17, 15) is 9.59 Å². The lowest BCUT2D eigenvalue weighted by molar-refractivity contribution is -0.117. The third kappa shape index (κ3) is 4.87. The van der Waals surface area contributed by atoms with Gasteiger partial charge in [-0.25, -0.2) is 0 Å². The highest BCUT2D eigenvalue weighted by molar-refractivity contribution is 6.34. The lowest BCUT2D eigenvalue weighted by Crippen LogP contribution is -2.27. The van der Waals surface area contributed by atoms with Crippen molar-refractivity contribution >= 4 is 29.1 Å². The minimum Gasteiger partial charge on any atom is -0.494 e. The number of carbonyl (C=O) groups excluding carboxylic acids is 2. The molecule has 2 rings (SSSR count). The molecule has 0 fully saturated rings. The topological polar surface area (TPSA) is 85.9 Å². The molecule has 124 valence electrons. The first-order chi connectivity index (χ1) is 11.1. The van der Waals surface area contributed by atoms with E-state index in [1.807, 2.05) is 0 Å². The first-order valence-electron chi connectivity index (χ1n) is 6.94. The van der Waals surface area contributed by atoms with Crippen LogP contribution in [0.5, 0.6) is 0 Å². The number of anilines is 1. The highest BCUT2D eigenvalue weighted by Gasteiger charge is 2.17. The minimum absolute atomic E-state index is 0.0577. The maximum absolute atomic E-state index is 12.1. The van der Waals surface area contributed by atoms with Gasteiger partial charge in [-0.15, -0.1) is 0 Å². The normalized spacial score (nSPS) is 13.4. The molecule has 1 heterocycles. The molecule has 0 unspecified atom stereocenters. The molecule has 1 aliphatic heterocycles. The van der Waals surface area contributed by atoms with Crippen LogP contribution >= 0.6 is 11.6 Å². The Balaban J connectivity index is 2.06. The van der Waals surface area contributed by atoms with Gasteiger partial charge in [0, 0.05) is 19.2 Å². The zero-order valence-electron chi connectivity index (χ0n) is 12.6. The number of rotatable bonds is 6. The molecule has 2 N–H and O–H groups in total. The molecular formula is C15H17ClN2O5. The van der Waals surface area contributed by atoms with Crippen molar-refractivity contribution in [2.45, 2.75) is 0 Å². The molecule has 1 aromatic carbocycles. The van der Waals surface area contributed by atoms with E-state index >= 15 is 0 Å². The van der Waals surface area contributed by atoms with Crippen LogP contribution in [0.1, 0.15) is 10.4 Å². The highest BCUT2D eigenvalue weighted by atomic mass is 35.5. The van der Waals surface area contributed by atoms with Crippen LogP contribution < -0.4 is 10.6 Å². The van der Waals surface area contributed by atoms with E-state index < -0.39 is 5.91 Å². The smallest absolute Gasteiger partial charge is 0.294 e. The molecule has 23 heavy (non-hydrogen) atoms. The highest BCUT2D eigenvalue weighted by Crippen LogP contribution is 2.24. The first-order valence-corrected chi connectivity index (χ1v) is 7.32. The lowest BCUT2D eigenvalue weighted by atomic mass is 10.2. The van der Waals surface area contributed by atoms with Crippen molar-refractivity contribution in [3.63, 3.8) is 0 Å². The summed E-state index contributed by atoms with van der Waals surface area (Å²) in [6.45, 7) is 1.50. The van der Waals surface area contributed by atoms with E-state index in [2.05, 4.69) is 10.6 Å². The Hall–Kier alpha value is -2.25. The molecular weight excluding hydrogens is 324 g/mol. The van der Waals surface area contributed by atoms with Crippen LogP contribution in [0.25, 0.3) is 0 Å². The van der Waals surface area contributed by atoms with Crippen LogP contribution in [0.15, 0.2) is 30.2 Å². The van der Waals surface area contributed by atoms with Crippen LogP contribution in [-0.4, -0.2) is 45.3 Å². The predicted octanol–water partition coefficient (Wildman–Crippen LogP) is 1.54. The molecule has 0 saturated heterocycles. The molecule has 0 atom stereocenters. The SMILES string of the molecule is COCCNC(=O)c1ccc(Cl)c(NC(=O)C2=COCCO2)c1. The molecule has 0 spiro atoms. The average molecular weight is 341 g/mol. The number of hydrogen-bond donors (Lipinski definition) is 2. The number of carbonyl (C=O) groups is 2. The molecule has 1 aliphatic rings. The second-order valence-corrected chi connectivity index (χ2v) is 5.01. The monoisotopic (exact) mass is 340 g/mol. The van der Waals surface area contributed by atoms with Gasteiger partial charge in [0.1, 0.15) is 19.5 Å². The van der Waals surface area contributed by atoms with E-state index in [4.69, 9.17) is 25.8 Å². The lowest BCUT2D eigenvalue weighted by Gasteiger charge is -2.15. The van der Waals surface area contributed by atoms with Gasteiger partial charge >= 0.3 is 0 Å². The van der Waals surface area contributed by atoms with Crippen LogP contribution in [0.2, 0.25) is 5.02 Å². The Bertz CT molecular complexity index is 618. The van der Waals surface area contributed by atoms with Gasteiger partial charge in [0.25, 0.3) is 11.8 Å². The summed E-state index contributed by atoms with van der Waals surface area (Å²) in [7, 11) is 1.55. The summed E-state index contributed by atoms with van der Waals surface area (Å²) in [6.07, 6.45) is 1.24. The van der Waals surface area contributed by atoms with Gasteiger partial charge in [0.05, 0.1) is 17.3 Å². The van der Waals surface area contributed by atoms with Gasteiger partial charge in [-0.05, 0) is 18.2 Å². The predicted molar refractivity (Wildman–Crippen MR) is 84.3 cm³/mol. The number of ether oxygens (including phenoxy) is 3. The van der Waals surface area contributed by atoms with E-state index in [1.165, 1.54) is 18.4 Å². The third-order valence-corrected chi connectivity index (χ3v) is 3.27. The van der Waals surface area contributed by atoms with Gasteiger partial charge in [-0.2, -0.15) is 0 Å². The second-order valence-electron chi connectivity index (χ2n) is 4.60. The third-order valence-electron chi connectivity index (χ3n) is 2.94. The summed E-state index contributed by atoms with van der Waals surface area (Å²) in [5.74, 6) is -0.725. The summed E-state index contributed by atoms with van der Waals surface area (Å²) in [4.78, 5) is 24.0. The first kappa shape index (κ1) is 17.1. The fraction of sp³-hybridized carbons (Fsp3) is 0.333. The van der Waals surface area contributed by atoms with Crippen molar-refractivity contribution in [3.05, 3.63) is 40.8 Å². The number of amides is 2. The van der Waals surface area contributed by atoms with Crippen molar-refractivity contribution in [1.82, 2.24) is 5.32 Å². The zero-order valence-corrected chi connectivity index (χ0v) is 13.3. The molecule has 0 aliphatic carbocycles. The molecule has 0 aromatic heterocycles. The number of hydrogen-bond acceptors (Lipinski definition) is 5. The van der Waals surface area contributed by atoms with Gasteiger partial charge in [-0.1, -0.05) is 11.6 Å². The molecule has 0 saturated carbocycles. The van der Waals surface area contributed by atoms with Crippen molar-refractivity contribution in [3.8, 4) is 0 Å². The summed E-state index contributed by atoms with van der Waals surface area (Å²) in [6, 6.07) is 4.60. The standard InChI is InChI=1S/C15H17ClN2O5/c1-21-5-4-17-14(19)10-2-3-11(16)12(8-10)18-15(20)13-9-22-6-7-23-13/h2-3,8-9H,4-7H2,1H3,(H,17,19)(H,18,20). The maximum atomic E-state index is 12.1. The van der Waals surface area contributed by atoms with Crippen LogP contribution in [0.4, 0.5) is 5.69 Å². The van der Waals surface area contributed by atoms with Crippen LogP contribution in [-0.2, 0) is 19.0 Å². The molecule has 2 amide bonds. The van der Waals surface area contributed by atoms with Gasteiger partial charge in [0.2, 0.25) is 5.76 Å². The molecule has 0 radical (unpaired) electrons. The zero-order chi connectivity index (χ0) is 16.7. The summed E-state index contributed by atoms with van der Waals surface area (Å²) >= 11 is 6.05. The van der Waals surface area contributed by atoms with E-state index in [0.717, 1.165) is 0 Å². The van der Waals surface area contributed by atoms with E-state index in [0.29, 0.717) is 42.6 Å². The minimum atomic E-state index is -0.497. The largest absolute Gasteiger partial charge is 0.494 e. The Morgan fingerprint density at radius 3 is 2.83 bits per heavy atom. The molecule has 7 nitrogen and oxygen atoms in total. The van der Waals surface area contributed by atoms with Crippen molar-refractivity contribution < 1.29 is 23.8 Å². The van der Waals surface area contributed by atoms with Gasteiger partial charge in [-0.3, -0.25) is 9.59 Å². The molecule has 8 heteroatoms. The quantitative estimate of drug-likeness (QED) is 0.767. The van der Waals surface area contributed by atoms with Crippen molar-refractivity contribution in [2.24, 2.45) is 0 Å². The number of nitrogens with one attached hydrogen (secondary N) is 2. The molecule has 0 bridgehead atoms. The Morgan fingerprint density at radius 2 is 2.13 bits per heavy atom. The van der Waals surface area contributed by atoms with Crippen molar-refractivity contribution in [2.75, 3.05) is 38.8 Å². The van der Waals surface area contributed by atoms with E-state index in [1.54, 1.807) is 13.2 Å². The van der Waals surface area contributed by atoms with Gasteiger partial charge in [0.15, 0.2) is 0 Å². The number of halogens is 1. The van der Waals surface area contributed by atoms with Crippen LogP contribution in [0, 0.1) is 0 Å². The van der Waals surface area contributed by atoms with E-state index in [-0.39, 0.29) is 11.7 Å². The maximum Gasteiger partial charge on any atom is 0.294 e. The summed E-state index contributed by atoms with van der Waals surface area (Å²) < 4.78 is 15.1. The number of benzene rings is 1. The average Bonchev–Trinajstić information content (AvgIpc) is 2.57. The Labute approximate surface area is 138 Å². The molecule has 1 aromatic rings. The second kappa shape index (κ2) is 8.40.